The summed E-state index contributed by atoms with van der Waals surface area (Å²) in [6, 6.07) is 19.6. The van der Waals surface area contributed by atoms with Crippen molar-refractivity contribution < 1.29 is 24.2 Å². The first-order valence-electron chi connectivity index (χ1n) is 12.5. The van der Waals surface area contributed by atoms with Gasteiger partial charge in [-0.1, -0.05) is 46.8 Å². The fourth-order valence-corrected chi connectivity index (χ4v) is 8.06. The number of phenolic OH excluding ortho intramolecular Hbond substituents is 1. The number of rotatable bonds is 6. The average Bonchev–Trinajstić information content (AvgIpc) is 3.40. The van der Waals surface area contributed by atoms with Crippen molar-refractivity contribution in [3.05, 3.63) is 97.9 Å². The van der Waals surface area contributed by atoms with Crippen LogP contribution in [0.25, 0.3) is 0 Å². The minimum atomic E-state index is -0.825. The third-order valence-electron chi connectivity index (χ3n) is 7.06. The molecule has 3 unspecified atom stereocenters. The van der Waals surface area contributed by atoms with Gasteiger partial charge in [-0.25, -0.2) is 4.90 Å². The van der Waals surface area contributed by atoms with E-state index in [1.165, 1.54) is 21.6 Å². The molecule has 4 aromatic rings. The van der Waals surface area contributed by atoms with E-state index in [2.05, 4.69) is 5.32 Å². The number of thioether (sulfide) groups is 1. The molecule has 0 radical (unpaired) electrons. The molecule has 0 aliphatic carbocycles. The van der Waals surface area contributed by atoms with Crippen LogP contribution in [0.2, 0.25) is 5.02 Å². The maximum Gasteiger partial charge on any atom is 0.308 e. The van der Waals surface area contributed by atoms with Crippen molar-refractivity contribution >= 4 is 63.8 Å². The van der Waals surface area contributed by atoms with Gasteiger partial charge in [0.1, 0.15) is 23.3 Å². The molecule has 3 heterocycles. The molecule has 41 heavy (non-hydrogen) atoms. The number of ether oxygens (including phenoxy) is 1. The number of thiazole rings is 1. The Morgan fingerprint density at radius 3 is 2.32 bits per heavy atom. The number of imide groups is 1. The fraction of sp³-hybridized carbons (Fsp3) is 0.172. The number of carbonyl (C=O) groups excluding carboxylic acids is 3. The maximum atomic E-state index is 13.9. The van der Waals surface area contributed by atoms with Crippen molar-refractivity contribution in [1.82, 2.24) is 4.57 Å². The van der Waals surface area contributed by atoms with E-state index in [1.807, 2.05) is 0 Å². The van der Waals surface area contributed by atoms with Crippen molar-refractivity contribution in [3.8, 4) is 11.5 Å². The van der Waals surface area contributed by atoms with E-state index in [1.54, 1.807) is 67.8 Å². The number of hydrogen-bond donors (Lipinski definition) is 2. The number of hydrogen-bond acceptors (Lipinski definition) is 8. The highest BCUT2D eigenvalue weighted by Crippen LogP contribution is 2.54. The topological polar surface area (TPSA) is 118 Å². The molecule has 3 amide bonds. The van der Waals surface area contributed by atoms with Gasteiger partial charge in [-0.15, -0.1) is 0 Å². The first-order chi connectivity index (χ1) is 19.7. The number of methoxy groups -OCH3 is 1. The van der Waals surface area contributed by atoms with Crippen LogP contribution in [0.3, 0.4) is 0 Å². The van der Waals surface area contributed by atoms with E-state index in [4.69, 9.17) is 16.3 Å². The monoisotopic (exact) mass is 607 g/mol. The number of aromatic hydroxyl groups is 1. The molecular weight excluding hydrogens is 586 g/mol. The zero-order valence-electron chi connectivity index (χ0n) is 21.4. The Labute approximate surface area is 247 Å². The molecule has 1 fully saturated rings. The van der Waals surface area contributed by atoms with E-state index >= 15 is 0 Å². The molecule has 2 aliphatic heterocycles. The summed E-state index contributed by atoms with van der Waals surface area (Å²) in [5.41, 5.74) is 1.62. The molecule has 12 heteroatoms. The van der Waals surface area contributed by atoms with Gasteiger partial charge in [0, 0.05) is 21.5 Å². The first-order valence-corrected chi connectivity index (χ1v) is 14.6. The molecule has 6 rings (SSSR count). The molecule has 9 nitrogen and oxygen atoms in total. The van der Waals surface area contributed by atoms with Crippen molar-refractivity contribution in [2.45, 2.75) is 22.7 Å². The molecule has 0 saturated carbocycles. The number of amides is 3. The molecule has 0 spiro atoms. The molecule has 3 aromatic carbocycles. The predicted molar refractivity (Wildman–Crippen MR) is 157 cm³/mol. The third kappa shape index (κ3) is 4.90. The second kappa shape index (κ2) is 10.7. The van der Waals surface area contributed by atoms with E-state index in [9.17, 15) is 24.3 Å². The normalized spacial score (nSPS) is 19.6. The van der Waals surface area contributed by atoms with Crippen LogP contribution >= 0.6 is 34.7 Å². The molecule has 208 valence electrons. The lowest BCUT2D eigenvalue weighted by Crippen LogP contribution is -2.33. The standard InChI is InChI=1S/C29H22ClN3O6S2/c1-39-20-12-6-17(7-13-20)31-21(35)14-32-28-25(41-29(32)38)22(15-2-10-19(34)11-3-15)23-24(40-28)27(37)33(26(23)36)18-8-4-16(30)5-9-18/h2-13,22-24,34H,14H2,1H3,(H,31,35). The fourth-order valence-electron chi connectivity index (χ4n) is 5.16. The molecular formula is C29H22ClN3O6S2. The highest BCUT2D eigenvalue weighted by molar-refractivity contribution is 8.00. The summed E-state index contributed by atoms with van der Waals surface area (Å²) < 4.78 is 6.50. The van der Waals surface area contributed by atoms with Crippen LogP contribution in [0.5, 0.6) is 11.5 Å². The van der Waals surface area contributed by atoms with Gasteiger partial charge in [0.05, 0.1) is 23.7 Å². The Morgan fingerprint density at radius 1 is 0.976 bits per heavy atom. The van der Waals surface area contributed by atoms with E-state index in [-0.39, 0.29) is 23.1 Å². The highest BCUT2D eigenvalue weighted by Gasteiger charge is 2.56. The average molecular weight is 608 g/mol. The smallest absolute Gasteiger partial charge is 0.308 e. The zero-order valence-corrected chi connectivity index (χ0v) is 23.8. The third-order valence-corrected chi connectivity index (χ3v) is 9.92. The lowest BCUT2D eigenvalue weighted by molar-refractivity contribution is -0.122. The van der Waals surface area contributed by atoms with Gasteiger partial charge >= 0.3 is 4.87 Å². The van der Waals surface area contributed by atoms with Crippen LogP contribution < -0.4 is 19.8 Å². The summed E-state index contributed by atoms with van der Waals surface area (Å²) in [6.45, 7) is -0.271. The van der Waals surface area contributed by atoms with Gasteiger partial charge in [0.2, 0.25) is 17.7 Å². The van der Waals surface area contributed by atoms with Crippen molar-refractivity contribution in [3.63, 3.8) is 0 Å². The number of benzene rings is 3. The second-order valence-corrected chi connectivity index (χ2v) is 12.1. The summed E-state index contributed by atoms with van der Waals surface area (Å²) in [6.07, 6.45) is 0. The van der Waals surface area contributed by atoms with Crippen LogP contribution in [0.15, 0.2) is 82.6 Å². The van der Waals surface area contributed by atoms with Crippen LogP contribution in [0, 0.1) is 5.92 Å². The SMILES string of the molecule is COc1ccc(NC(=O)Cn2c3c(sc2=O)C(c2ccc(O)cc2)C2C(=O)N(c4ccc(Cl)cc4)C(=O)C2S3)cc1. The number of aromatic nitrogens is 1. The zero-order chi connectivity index (χ0) is 28.8. The molecule has 0 bridgehead atoms. The molecule has 2 N–H and O–H groups in total. The van der Waals surface area contributed by atoms with Gasteiger partial charge in [0.15, 0.2) is 0 Å². The number of phenols is 1. The summed E-state index contributed by atoms with van der Waals surface area (Å²) in [5, 5.41) is 12.8. The lowest BCUT2D eigenvalue weighted by Gasteiger charge is -2.30. The molecule has 1 saturated heterocycles. The maximum absolute atomic E-state index is 13.9. The Bertz CT molecular complexity index is 1720. The van der Waals surface area contributed by atoms with Gasteiger partial charge in [-0.2, -0.15) is 0 Å². The lowest BCUT2D eigenvalue weighted by atomic mass is 9.83. The summed E-state index contributed by atoms with van der Waals surface area (Å²) in [4.78, 5) is 55.3. The summed E-state index contributed by atoms with van der Waals surface area (Å²) >= 11 is 8.12. The predicted octanol–water partition coefficient (Wildman–Crippen LogP) is 4.71. The molecule has 2 aliphatic rings. The van der Waals surface area contributed by atoms with Crippen molar-refractivity contribution in [2.75, 3.05) is 17.3 Å². The second-order valence-electron chi connectivity index (χ2n) is 9.52. The van der Waals surface area contributed by atoms with Crippen LogP contribution in [-0.4, -0.2) is 39.8 Å². The van der Waals surface area contributed by atoms with Crippen LogP contribution in [-0.2, 0) is 20.9 Å². The van der Waals surface area contributed by atoms with E-state index in [0.29, 0.717) is 37.6 Å². The minimum Gasteiger partial charge on any atom is -0.508 e. The molecule has 3 atom stereocenters. The largest absolute Gasteiger partial charge is 0.508 e. The first kappa shape index (κ1) is 27.1. The summed E-state index contributed by atoms with van der Waals surface area (Å²) in [7, 11) is 1.55. The van der Waals surface area contributed by atoms with Crippen LogP contribution in [0.4, 0.5) is 11.4 Å². The number of carbonyl (C=O) groups is 3. The number of nitrogens with one attached hydrogen (secondary N) is 1. The Kier molecular flexibility index (Phi) is 7.10. The minimum absolute atomic E-state index is 0.0493. The van der Waals surface area contributed by atoms with E-state index in [0.717, 1.165) is 23.1 Å². The van der Waals surface area contributed by atoms with Gasteiger partial charge in [0.25, 0.3) is 0 Å². The Hall–Kier alpha value is -4.06. The number of fused-ring (bicyclic) bond motifs is 2. The van der Waals surface area contributed by atoms with Gasteiger partial charge in [-0.3, -0.25) is 23.7 Å². The Morgan fingerprint density at radius 2 is 1.66 bits per heavy atom. The number of nitrogens with zero attached hydrogens (tertiary/aromatic N) is 2. The number of halogens is 1. The van der Waals surface area contributed by atoms with Gasteiger partial charge in [-0.05, 0) is 66.2 Å². The number of anilines is 2. The van der Waals surface area contributed by atoms with Crippen LogP contribution in [0.1, 0.15) is 16.4 Å². The Balaban J connectivity index is 1.38. The van der Waals surface area contributed by atoms with Gasteiger partial charge < -0.3 is 15.2 Å². The van der Waals surface area contributed by atoms with Crippen molar-refractivity contribution in [1.29, 1.82) is 0 Å². The van der Waals surface area contributed by atoms with Crippen molar-refractivity contribution in [2.24, 2.45) is 5.92 Å². The van der Waals surface area contributed by atoms with E-state index < -0.39 is 28.9 Å². The highest BCUT2D eigenvalue weighted by atomic mass is 35.5. The summed E-state index contributed by atoms with van der Waals surface area (Å²) in [5.74, 6) is -1.95. The quantitative estimate of drug-likeness (QED) is 0.305. The molecule has 1 aromatic heterocycles.